The van der Waals surface area contributed by atoms with E-state index in [0.29, 0.717) is 0 Å². The first-order valence-electron chi connectivity index (χ1n) is 4.21. The van der Waals surface area contributed by atoms with Gasteiger partial charge in [-0.15, -0.1) is 0 Å². The maximum Gasteiger partial charge on any atom is 0.416 e. The van der Waals surface area contributed by atoms with E-state index in [0.717, 1.165) is 16.8 Å². The summed E-state index contributed by atoms with van der Waals surface area (Å²) >= 11 is 0. The minimum absolute atomic E-state index is 0.0585. The molecule has 0 heterocycles. The van der Waals surface area contributed by atoms with E-state index in [4.69, 9.17) is 11.0 Å². The van der Waals surface area contributed by atoms with Crippen molar-refractivity contribution in [3.63, 3.8) is 0 Å². The molecule has 0 unspecified atom stereocenters. The molecule has 0 radical (unpaired) electrons. The molecule has 0 saturated heterocycles. The lowest BCUT2D eigenvalue weighted by molar-refractivity contribution is -0.137. The van der Waals surface area contributed by atoms with Crippen LogP contribution in [0.5, 0.6) is 0 Å². The van der Waals surface area contributed by atoms with Gasteiger partial charge in [0.2, 0.25) is 0 Å². The van der Waals surface area contributed by atoms with Gasteiger partial charge in [0, 0.05) is 12.7 Å². The predicted octanol–water partition coefficient (Wildman–Crippen LogP) is 2.17. The third-order valence-electron chi connectivity index (χ3n) is 2.02. The van der Waals surface area contributed by atoms with E-state index in [1.807, 2.05) is 0 Å². The highest BCUT2D eigenvalue weighted by Gasteiger charge is 2.31. The molecule has 0 saturated carbocycles. The first kappa shape index (κ1) is 13.0. The Labute approximate surface area is 90.6 Å². The maximum absolute atomic E-state index is 12.4. The van der Waals surface area contributed by atoms with Gasteiger partial charge in [-0.3, -0.25) is 15.6 Å². The fraction of sp³-hybridized carbons (Fsp3) is 0.250. The van der Waals surface area contributed by atoms with Gasteiger partial charge in [0.15, 0.2) is 0 Å². The molecule has 90 valence electrons. The average molecular weight is 253 g/mol. The molecule has 8 heteroatoms. The van der Waals surface area contributed by atoms with Crippen LogP contribution in [0.1, 0.15) is 5.56 Å². The summed E-state index contributed by atoms with van der Waals surface area (Å²) in [4.78, 5) is 0. The smallest absolute Gasteiger partial charge is 0.303 e. The molecule has 0 amide bonds. The first-order valence-corrected chi connectivity index (χ1v) is 6.01. The lowest BCUT2D eigenvalue weighted by atomic mass is 10.2. The third kappa shape index (κ3) is 2.98. The molecule has 0 atom stereocenters. The summed E-state index contributed by atoms with van der Waals surface area (Å²) in [5.74, 6) is 0. The summed E-state index contributed by atoms with van der Waals surface area (Å²) in [7, 11) is -2.31. The highest BCUT2D eigenvalue weighted by Crippen LogP contribution is 2.38. The van der Waals surface area contributed by atoms with Crippen molar-refractivity contribution in [3.8, 4) is 0 Å². The van der Waals surface area contributed by atoms with Crippen molar-refractivity contribution in [3.05, 3.63) is 29.8 Å². The summed E-state index contributed by atoms with van der Waals surface area (Å²) in [6, 6.07) is 4.30. The molecule has 0 fully saturated rings. The van der Waals surface area contributed by atoms with E-state index in [-0.39, 0.29) is 5.69 Å². The van der Waals surface area contributed by atoms with E-state index in [2.05, 4.69) is 0 Å². The fourth-order valence-corrected chi connectivity index (χ4v) is 1.55. The number of hydrogen-bond donors (Lipinski definition) is 2. The van der Waals surface area contributed by atoms with Crippen LogP contribution in [0.2, 0.25) is 0 Å². The number of nitrogens with zero attached hydrogens (tertiary/aromatic N) is 1. The molecule has 0 aliphatic rings. The fourth-order valence-electron chi connectivity index (χ4n) is 1.06. The Morgan fingerprint density at radius 2 is 1.88 bits per heavy atom. The largest absolute Gasteiger partial charge is 0.416 e. The lowest BCUT2D eigenvalue weighted by Crippen LogP contribution is -2.24. The Morgan fingerprint density at radius 1 is 1.31 bits per heavy atom. The second kappa shape index (κ2) is 4.08. The van der Waals surface area contributed by atoms with Crippen molar-refractivity contribution in [2.75, 3.05) is 11.7 Å². The molecule has 0 aromatic heterocycles. The molecular formula is C8H11F3N3OP. The number of anilines is 1. The average Bonchev–Trinajstić information content (AvgIpc) is 2.14. The van der Waals surface area contributed by atoms with Crippen LogP contribution >= 0.6 is 7.59 Å². The first-order chi connectivity index (χ1) is 7.12. The summed E-state index contributed by atoms with van der Waals surface area (Å²) in [6.45, 7) is 0. The molecule has 1 rings (SSSR count). The Balaban J connectivity index is 3.14. The standard InChI is InChI=1S/C8H11F3N3OP/c1-14(16(12,13)15)7-4-2-3-6(5-7)8(9,10)11/h2-5H,1H3,(H4,12,13,15). The van der Waals surface area contributed by atoms with E-state index in [9.17, 15) is 17.7 Å². The quantitative estimate of drug-likeness (QED) is 0.792. The monoisotopic (exact) mass is 253 g/mol. The van der Waals surface area contributed by atoms with Crippen LogP contribution in [0.25, 0.3) is 0 Å². The highest BCUT2D eigenvalue weighted by molar-refractivity contribution is 7.60. The second-order valence-corrected chi connectivity index (χ2v) is 5.19. The minimum atomic E-state index is -4.45. The van der Waals surface area contributed by atoms with Crippen molar-refractivity contribution in [1.82, 2.24) is 0 Å². The molecule has 4 N–H and O–H groups in total. The molecule has 0 spiro atoms. The molecular weight excluding hydrogens is 242 g/mol. The van der Waals surface area contributed by atoms with Gasteiger partial charge in [0.05, 0.1) is 5.56 Å². The Bertz CT molecular complexity index is 429. The third-order valence-corrected chi connectivity index (χ3v) is 3.18. The zero-order chi connectivity index (χ0) is 12.6. The van der Waals surface area contributed by atoms with Crippen molar-refractivity contribution in [1.29, 1.82) is 0 Å². The normalized spacial score (nSPS) is 12.6. The zero-order valence-electron chi connectivity index (χ0n) is 8.40. The highest BCUT2D eigenvalue weighted by atomic mass is 31.2. The molecule has 1 aromatic carbocycles. The number of hydrogen-bond acceptors (Lipinski definition) is 1. The van der Waals surface area contributed by atoms with Crippen LogP contribution in [0.15, 0.2) is 24.3 Å². The molecule has 16 heavy (non-hydrogen) atoms. The van der Waals surface area contributed by atoms with E-state index < -0.39 is 19.3 Å². The van der Waals surface area contributed by atoms with Crippen molar-refractivity contribution < 1.29 is 17.7 Å². The van der Waals surface area contributed by atoms with Crippen LogP contribution in [0, 0.1) is 0 Å². The number of alkyl halides is 3. The van der Waals surface area contributed by atoms with Crippen LogP contribution in [-0.2, 0) is 10.7 Å². The summed E-state index contributed by atoms with van der Waals surface area (Å²) < 4.78 is 49.3. The second-order valence-electron chi connectivity index (χ2n) is 3.24. The van der Waals surface area contributed by atoms with E-state index in [1.165, 1.54) is 19.2 Å². The topological polar surface area (TPSA) is 72.3 Å². The van der Waals surface area contributed by atoms with Gasteiger partial charge in [0.1, 0.15) is 0 Å². The van der Waals surface area contributed by atoms with Gasteiger partial charge in [-0.25, -0.2) is 0 Å². The van der Waals surface area contributed by atoms with Gasteiger partial charge >= 0.3 is 6.18 Å². The number of rotatable bonds is 2. The SMILES string of the molecule is CN(c1cccc(C(F)(F)F)c1)P(N)(N)=O. The van der Waals surface area contributed by atoms with Crippen LogP contribution < -0.4 is 15.7 Å². The Morgan fingerprint density at radius 3 is 2.31 bits per heavy atom. The van der Waals surface area contributed by atoms with Gasteiger partial charge in [-0.2, -0.15) is 13.2 Å². The van der Waals surface area contributed by atoms with Crippen LogP contribution in [0.4, 0.5) is 18.9 Å². The summed E-state index contributed by atoms with van der Waals surface area (Å²) in [5.41, 5.74) is 9.51. The number of halogens is 3. The molecule has 4 nitrogen and oxygen atoms in total. The van der Waals surface area contributed by atoms with E-state index in [1.54, 1.807) is 0 Å². The molecule has 0 aliphatic carbocycles. The predicted molar refractivity (Wildman–Crippen MR) is 55.8 cm³/mol. The number of benzene rings is 1. The minimum Gasteiger partial charge on any atom is -0.303 e. The van der Waals surface area contributed by atoms with Gasteiger partial charge in [-0.05, 0) is 18.2 Å². The molecule has 0 bridgehead atoms. The summed E-state index contributed by atoms with van der Waals surface area (Å²) in [6.07, 6.45) is -4.45. The molecule has 0 aliphatic heterocycles. The maximum atomic E-state index is 12.4. The Kier molecular flexibility index (Phi) is 3.33. The van der Waals surface area contributed by atoms with Crippen LogP contribution in [0.3, 0.4) is 0 Å². The summed E-state index contributed by atoms with van der Waals surface area (Å²) in [5, 5.41) is 0. The lowest BCUT2D eigenvalue weighted by Gasteiger charge is -2.23. The number of nitrogens with two attached hydrogens (primary N) is 2. The van der Waals surface area contributed by atoms with Crippen LogP contribution in [-0.4, -0.2) is 7.05 Å². The van der Waals surface area contributed by atoms with Crippen molar-refractivity contribution in [2.45, 2.75) is 6.18 Å². The zero-order valence-corrected chi connectivity index (χ0v) is 9.30. The van der Waals surface area contributed by atoms with Gasteiger partial charge in [0.25, 0.3) is 7.59 Å². The van der Waals surface area contributed by atoms with Crippen molar-refractivity contribution >= 4 is 13.3 Å². The van der Waals surface area contributed by atoms with Gasteiger partial charge < -0.3 is 4.67 Å². The van der Waals surface area contributed by atoms with Crippen molar-refractivity contribution in [2.24, 2.45) is 11.0 Å². The molecule has 1 aromatic rings. The Hall–Kier alpha value is -1.04. The van der Waals surface area contributed by atoms with Gasteiger partial charge in [-0.1, -0.05) is 6.07 Å². The van der Waals surface area contributed by atoms with E-state index >= 15 is 0 Å².